The summed E-state index contributed by atoms with van der Waals surface area (Å²) in [5, 5.41) is 5.89. The molecular weight excluding hydrogens is 521 g/mol. The van der Waals surface area contributed by atoms with Gasteiger partial charge in [0.15, 0.2) is 7.18 Å². The molecule has 2 atom stereocenters. The molecule has 2 N–H and O–H groups in total. The van der Waals surface area contributed by atoms with Gasteiger partial charge in [0.05, 0.1) is 33.4 Å². The van der Waals surface area contributed by atoms with E-state index in [1.165, 1.54) is 0 Å². The molecule has 2 unspecified atom stereocenters. The molecule has 1 aliphatic rings. The van der Waals surface area contributed by atoms with Crippen LogP contribution < -0.4 is 10.4 Å². The molecule has 0 aromatic heterocycles. The third-order valence-corrected chi connectivity index (χ3v) is 9.38. The lowest BCUT2D eigenvalue weighted by Crippen LogP contribution is -2.40. The first kappa shape index (κ1) is 29.7. The fourth-order valence-corrected chi connectivity index (χ4v) is 7.99. The second kappa shape index (κ2) is 12.1. The van der Waals surface area contributed by atoms with Crippen molar-refractivity contribution in [1.29, 1.82) is 0 Å². The van der Waals surface area contributed by atoms with E-state index in [0.29, 0.717) is 12.1 Å². The summed E-state index contributed by atoms with van der Waals surface area (Å²) >= 11 is 0. The Hall–Kier alpha value is -0.560. The van der Waals surface area contributed by atoms with Crippen LogP contribution in [-0.4, -0.2) is 63.5 Å². The van der Waals surface area contributed by atoms with Gasteiger partial charge in [-0.05, 0) is 56.7 Å². The van der Waals surface area contributed by atoms with Gasteiger partial charge >= 0.3 is 12.4 Å². The van der Waals surface area contributed by atoms with Gasteiger partial charge in [-0.1, -0.05) is 0 Å². The first-order valence-electron chi connectivity index (χ1n) is 10.6. The van der Waals surface area contributed by atoms with E-state index >= 15 is 0 Å². The van der Waals surface area contributed by atoms with Crippen molar-refractivity contribution in [3.8, 4) is 0 Å². The molecule has 1 amide bonds. The smallest absolute Gasteiger partial charge is 0.352 e. The molecule has 1 aromatic rings. The van der Waals surface area contributed by atoms with Crippen LogP contribution in [0.2, 0.25) is 0 Å². The number of nitrogens with zero attached hydrogens (tertiary/aromatic N) is 1. The highest BCUT2D eigenvalue weighted by atomic mass is 32.1. The molecule has 14 heteroatoms. The second-order valence-corrected chi connectivity index (χ2v) is 17.3. The van der Waals surface area contributed by atoms with Crippen molar-refractivity contribution in [3.63, 3.8) is 0 Å². The van der Waals surface area contributed by atoms with Crippen molar-refractivity contribution in [2.24, 2.45) is 5.92 Å². The summed E-state index contributed by atoms with van der Waals surface area (Å²) in [4.78, 5) is 14.6. The third-order valence-electron chi connectivity index (χ3n) is 5.20. The van der Waals surface area contributed by atoms with Crippen molar-refractivity contribution >= 4 is 30.3 Å². The Balaban J connectivity index is 1.82. The number of nitrogens with one attached hydrogen (secondary N) is 2. The van der Waals surface area contributed by atoms with Gasteiger partial charge in [0, 0.05) is 25.2 Å². The highest BCUT2D eigenvalue weighted by Gasteiger charge is 2.37. The largest absolute Gasteiger partial charge is 0.416 e. The van der Waals surface area contributed by atoms with Crippen LogP contribution in [0.3, 0.4) is 0 Å². The maximum absolute atomic E-state index is 13.0. The van der Waals surface area contributed by atoms with Gasteiger partial charge in [-0.2, -0.15) is 26.3 Å². The number of alkyl halides is 6. The van der Waals surface area contributed by atoms with Gasteiger partial charge in [-0.3, -0.25) is 9.88 Å². The van der Waals surface area contributed by atoms with E-state index in [0.717, 1.165) is 39.0 Å². The van der Waals surface area contributed by atoms with E-state index in [4.69, 9.17) is 4.31 Å². The number of piperidine rings is 1. The van der Waals surface area contributed by atoms with Crippen molar-refractivity contribution in [3.05, 3.63) is 34.9 Å². The molecule has 0 saturated carbocycles. The molecule has 2 rings (SSSR count). The maximum atomic E-state index is 13.0. The number of likely N-dealkylation sites (tertiary alicyclic amines) is 1. The molecule has 1 aromatic carbocycles. The summed E-state index contributed by atoms with van der Waals surface area (Å²) in [6, 6.07) is 0.915. The van der Waals surface area contributed by atoms with E-state index in [9.17, 15) is 31.1 Å². The summed E-state index contributed by atoms with van der Waals surface area (Å²) < 4.78 is 84.0. The zero-order valence-corrected chi connectivity index (χ0v) is 22.2. The van der Waals surface area contributed by atoms with Crippen molar-refractivity contribution < 1.29 is 35.4 Å². The third kappa shape index (κ3) is 10.2. The SMILES string of the molecule is CP(NCCN1CCC(CNC(=O)c2cc(C(F)(F)F)cc(C(F)(F)F)c2)CC1)O[P+](C)(C)P. The van der Waals surface area contributed by atoms with Crippen molar-refractivity contribution in [2.45, 2.75) is 25.2 Å². The van der Waals surface area contributed by atoms with E-state index in [2.05, 4.69) is 37.6 Å². The number of amides is 1. The number of carbonyl (C=O) groups is 1. The van der Waals surface area contributed by atoms with Gasteiger partial charge in [-0.25, -0.2) is 4.31 Å². The van der Waals surface area contributed by atoms with Crippen molar-refractivity contribution in [1.82, 2.24) is 15.3 Å². The predicted octanol–water partition coefficient (Wildman–Crippen LogP) is 5.70. The van der Waals surface area contributed by atoms with Crippen LogP contribution in [0.4, 0.5) is 26.3 Å². The Morgan fingerprint density at radius 1 is 1.12 bits per heavy atom. The van der Waals surface area contributed by atoms with Crippen LogP contribution >= 0.6 is 24.4 Å². The van der Waals surface area contributed by atoms with Crippen LogP contribution in [0, 0.1) is 5.92 Å². The predicted molar refractivity (Wildman–Crippen MR) is 128 cm³/mol. The van der Waals surface area contributed by atoms with Crippen LogP contribution in [0.15, 0.2) is 18.2 Å². The lowest BCUT2D eigenvalue weighted by atomic mass is 9.96. The Kier molecular flexibility index (Phi) is 10.6. The molecule has 0 spiro atoms. The Labute approximate surface area is 200 Å². The highest BCUT2D eigenvalue weighted by Crippen LogP contribution is 2.67. The van der Waals surface area contributed by atoms with Crippen LogP contribution in [0.5, 0.6) is 0 Å². The summed E-state index contributed by atoms with van der Waals surface area (Å²) in [6.45, 7) is 9.60. The number of carbonyl (C=O) groups excluding carboxylic acids is 1. The number of rotatable bonds is 9. The molecule has 34 heavy (non-hydrogen) atoms. The number of halogens is 6. The minimum atomic E-state index is -4.99. The molecule has 194 valence electrons. The molecule has 1 heterocycles. The fraction of sp³-hybridized carbons (Fsp3) is 0.650. The Morgan fingerprint density at radius 3 is 2.12 bits per heavy atom. The van der Waals surface area contributed by atoms with Crippen molar-refractivity contribution in [2.75, 3.05) is 52.7 Å². The summed E-state index contributed by atoms with van der Waals surface area (Å²) in [5.74, 6) is -0.838. The topological polar surface area (TPSA) is 53.6 Å². The van der Waals surface area contributed by atoms with Crippen LogP contribution in [0.25, 0.3) is 0 Å². The van der Waals surface area contributed by atoms with Crippen LogP contribution in [0.1, 0.15) is 34.3 Å². The lowest BCUT2D eigenvalue weighted by molar-refractivity contribution is -0.143. The van der Waals surface area contributed by atoms with Gasteiger partial charge in [-0.15, -0.1) is 0 Å². The highest BCUT2D eigenvalue weighted by molar-refractivity contribution is 8.22. The molecule has 0 radical (unpaired) electrons. The summed E-state index contributed by atoms with van der Waals surface area (Å²) in [6.07, 6.45) is -8.43. The molecule has 0 bridgehead atoms. The maximum Gasteiger partial charge on any atom is 0.416 e. The monoisotopic (exact) mass is 552 g/mol. The Morgan fingerprint density at radius 2 is 1.65 bits per heavy atom. The van der Waals surface area contributed by atoms with E-state index in [1.807, 2.05) is 6.66 Å². The Bertz CT molecular complexity index is 793. The zero-order chi connectivity index (χ0) is 25.7. The average Bonchev–Trinajstić information content (AvgIpc) is 2.70. The number of hydrogen-bond donors (Lipinski definition) is 2. The average molecular weight is 552 g/mol. The fourth-order valence-electron chi connectivity index (χ4n) is 3.55. The van der Waals surface area contributed by atoms with E-state index < -0.39 is 50.4 Å². The summed E-state index contributed by atoms with van der Waals surface area (Å²) in [7, 11) is 0.662. The summed E-state index contributed by atoms with van der Waals surface area (Å²) in [5.41, 5.74) is -3.66. The van der Waals surface area contributed by atoms with Crippen LogP contribution in [-0.2, 0) is 16.7 Å². The quantitative estimate of drug-likeness (QED) is 0.305. The molecule has 1 aliphatic heterocycles. The molecule has 5 nitrogen and oxygen atoms in total. The molecule has 0 aliphatic carbocycles. The minimum absolute atomic E-state index is 0.0129. The number of hydrogen-bond acceptors (Lipinski definition) is 4. The lowest BCUT2D eigenvalue weighted by Gasteiger charge is -2.32. The number of benzene rings is 1. The molecule has 1 fully saturated rings. The first-order valence-corrected chi connectivity index (χ1v) is 16.6. The normalized spacial score (nSPS) is 17.6. The molecule has 1 saturated heterocycles. The molecular formula is C20H31F6N3O2P3+. The second-order valence-electron chi connectivity index (χ2n) is 8.71. The van der Waals surface area contributed by atoms with Gasteiger partial charge < -0.3 is 10.2 Å². The standard InChI is InChI=1S/C20H30F6N3O2P3/c1-33(31-34(2,3)32)28-6-9-29-7-4-14(5-8-29)13-27-18(30)15-10-16(19(21,22)23)12-17(11-15)20(24,25)26/h10-12,14,28H,4-9,13,32H2,1-3H3/p+1. The zero-order valence-electron chi connectivity index (χ0n) is 19.3. The van der Waals surface area contributed by atoms with E-state index in [1.54, 1.807) is 0 Å². The minimum Gasteiger partial charge on any atom is -0.352 e. The van der Waals surface area contributed by atoms with Gasteiger partial charge in [0.2, 0.25) is 0 Å². The first-order chi connectivity index (χ1) is 15.5. The van der Waals surface area contributed by atoms with Gasteiger partial charge in [0.25, 0.3) is 5.91 Å². The van der Waals surface area contributed by atoms with E-state index in [-0.39, 0.29) is 18.5 Å². The van der Waals surface area contributed by atoms with Gasteiger partial charge in [0.1, 0.15) is 8.30 Å².